The van der Waals surface area contributed by atoms with E-state index in [1.807, 2.05) is 49.6 Å². The average Bonchev–Trinajstić information content (AvgIpc) is 2.87. The SMILES string of the molecule is CC1Cc2cnccc2N1.Cc1cccc(N(C)C=O)c1. The van der Waals surface area contributed by atoms with Crippen LogP contribution in [-0.2, 0) is 11.2 Å². The number of pyridine rings is 1. The summed E-state index contributed by atoms with van der Waals surface area (Å²) in [7, 11) is 1.74. The zero-order valence-electron chi connectivity index (χ0n) is 12.7. The molecule has 0 spiro atoms. The zero-order valence-corrected chi connectivity index (χ0v) is 12.7. The van der Waals surface area contributed by atoms with Crippen LogP contribution in [0.1, 0.15) is 18.1 Å². The van der Waals surface area contributed by atoms with Crippen LogP contribution in [0.2, 0.25) is 0 Å². The van der Waals surface area contributed by atoms with E-state index in [1.165, 1.54) is 11.3 Å². The molecule has 1 aromatic heterocycles. The van der Waals surface area contributed by atoms with Gasteiger partial charge >= 0.3 is 0 Å². The van der Waals surface area contributed by atoms with Crippen molar-refractivity contribution in [2.24, 2.45) is 0 Å². The van der Waals surface area contributed by atoms with E-state index in [2.05, 4.69) is 17.2 Å². The second kappa shape index (κ2) is 6.88. The number of hydrogen-bond donors (Lipinski definition) is 1. The van der Waals surface area contributed by atoms with Crippen molar-refractivity contribution in [3.05, 3.63) is 53.9 Å². The van der Waals surface area contributed by atoms with Crippen molar-refractivity contribution in [3.63, 3.8) is 0 Å². The highest BCUT2D eigenvalue weighted by atomic mass is 16.1. The van der Waals surface area contributed by atoms with E-state index < -0.39 is 0 Å². The lowest BCUT2D eigenvalue weighted by Crippen LogP contribution is -2.13. The molecule has 4 nitrogen and oxygen atoms in total. The third kappa shape index (κ3) is 4.05. The number of nitrogens with zero attached hydrogens (tertiary/aromatic N) is 2. The Balaban J connectivity index is 0.000000154. The van der Waals surface area contributed by atoms with Crippen LogP contribution in [-0.4, -0.2) is 24.5 Å². The number of rotatable bonds is 2. The first-order chi connectivity index (χ1) is 10.1. The molecule has 1 N–H and O–H groups in total. The van der Waals surface area contributed by atoms with Crippen LogP contribution in [0.4, 0.5) is 11.4 Å². The number of nitrogens with one attached hydrogen (secondary N) is 1. The van der Waals surface area contributed by atoms with Gasteiger partial charge in [0.2, 0.25) is 6.41 Å². The van der Waals surface area contributed by atoms with Crippen LogP contribution in [0, 0.1) is 6.92 Å². The molecule has 1 amide bonds. The smallest absolute Gasteiger partial charge is 0.213 e. The molecule has 0 saturated carbocycles. The van der Waals surface area contributed by atoms with Gasteiger partial charge in [-0.05, 0) is 49.6 Å². The van der Waals surface area contributed by atoms with Gasteiger partial charge in [0.1, 0.15) is 0 Å². The predicted molar refractivity (Wildman–Crippen MR) is 86.7 cm³/mol. The van der Waals surface area contributed by atoms with E-state index in [0.717, 1.165) is 24.1 Å². The molecule has 21 heavy (non-hydrogen) atoms. The largest absolute Gasteiger partial charge is 0.382 e. The van der Waals surface area contributed by atoms with Gasteiger partial charge in [0.05, 0.1) is 0 Å². The number of aryl methyl sites for hydroxylation is 1. The first-order valence-electron chi connectivity index (χ1n) is 7.04. The number of aromatic nitrogens is 1. The number of anilines is 2. The molecule has 3 rings (SSSR count). The summed E-state index contributed by atoms with van der Waals surface area (Å²) in [6.45, 7) is 4.18. The molecule has 1 aliphatic heterocycles. The minimum atomic E-state index is 0.583. The number of amides is 1. The normalized spacial score (nSPS) is 15.3. The Bertz CT molecular complexity index is 587. The summed E-state index contributed by atoms with van der Waals surface area (Å²) >= 11 is 0. The van der Waals surface area contributed by atoms with E-state index in [0.29, 0.717) is 6.04 Å². The van der Waals surface area contributed by atoms with Crippen molar-refractivity contribution >= 4 is 17.8 Å². The Morgan fingerprint density at radius 1 is 1.38 bits per heavy atom. The molecule has 1 unspecified atom stereocenters. The summed E-state index contributed by atoms with van der Waals surface area (Å²) in [5.74, 6) is 0. The molecule has 0 radical (unpaired) electrons. The van der Waals surface area contributed by atoms with E-state index in [-0.39, 0.29) is 0 Å². The second-order valence-electron chi connectivity index (χ2n) is 5.34. The number of hydrogen-bond acceptors (Lipinski definition) is 3. The molecule has 0 bridgehead atoms. The van der Waals surface area contributed by atoms with Crippen molar-refractivity contribution in [2.75, 3.05) is 17.3 Å². The number of benzene rings is 1. The highest BCUT2D eigenvalue weighted by Gasteiger charge is 2.14. The van der Waals surface area contributed by atoms with E-state index in [9.17, 15) is 4.79 Å². The van der Waals surface area contributed by atoms with Crippen LogP contribution in [0.15, 0.2) is 42.7 Å². The van der Waals surface area contributed by atoms with Crippen molar-refractivity contribution in [2.45, 2.75) is 26.3 Å². The van der Waals surface area contributed by atoms with Gasteiger partial charge in [0.15, 0.2) is 0 Å². The maximum Gasteiger partial charge on any atom is 0.213 e. The molecule has 2 aromatic rings. The van der Waals surface area contributed by atoms with Crippen molar-refractivity contribution in [1.82, 2.24) is 4.98 Å². The average molecular weight is 283 g/mol. The minimum Gasteiger partial charge on any atom is -0.382 e. The molecule has 0 saturated heterocycles. The predicted octanol–water partition coefficient (Wildman–Crippen LogP) is 3.03. The fraction of sp³-hybridized carbons (Fsp3) is 0.294. The topological polar surface area (TPSA) is 45.2 Å². The summed E-state index contributed by atoms with van der Waals surface area (Å²) in [5, 5.41) is 3.36. The van der Waals surface area contributed by atoms with Crippen LogP contribution in [0.25, 0.3) is 0 Å². The van der Waals surface area contributed by atoms with Gasteiger partial charge in [-0.15, -0.1) is 0 Å². The number of carbonyl (C=O) groups excluding carboxylic acids is 1. The van der Waals surface area contributed by atoms with Gasteiger partial charge in [-0.2, -0.15) is 0 Å². The quantitative estimate of drug-likeness (QED) is 0.862. The van der Waals surface area contributed by atoms with Gasteiger partial charge in [0, 0.05) is 36.9 Å². The molecule has 4 heteroatoms. The summed E-state index contributed by atoms with van der Waals surface area (Å²) in [6, 6.07) is 10.4. The van der Waals surface area contributed by atoms with E-state index >= 15 is 0 Å². The second-order valence-corrected chi connectivity index (χ2v) is 5.34. The zero-order chi connectivity index (χ0) is 15.2. The van der Waals surface area contributed by atoms with Crippen molar-refractivity contribution in [3.8, 4) is 0 Å². The summed E-state index contributed by atoms with van der Waals surface area (Å²) in [5.41, 5.74) is 4.69. The fourth-order valence-electron chi connectivity index (χ4n) is 2.29. The van der Waals surface area contributed by atoms with Gasteiger partial charge in [-0.25, -0.2) is 0 Å². The van der Waals surface area contributed by atoms with Gasteiger partial charge in [-0.1, -0.05) is 12.1 Å². The molecule has 110 valence electrons. The standard InChI is InChI=1S/C9H11NO.C8H10N2/c1-8-4-3-5-9(6-8)10(2)7-11;1-6-4-7-5-9-3-2-8(7)10-6/h3-7H,1-2H3;2-3,5-6,10H,4H2,1H3. The maximum atomic E-state index is 10.3. The van der Waals surface area contributed by atoms with Crippen LogP contribution >= 0.6 is 0 Å². The van der Waals surface area contributed by atoms with Crippen LogP contribution in [0.3, 0.4) is 0 Å². The monoisotopic (exact) mass is 283 g/mol. The van der Waals surface area contributed by atoms with Crippen molar-refractivity contribution < 1.29 is 4.79 Å². The molecule has 1 aliphatic rings. The lowest BCUT2D eigenvalue weighted by molar-refractivity contribution is -0.107. The Morgan fingerprint density at radius 3 is 2.86 bits per heavy atom. The molecule has 0 fully saturated rings. The molecular formula is C17H21N3O. The molecule has 0 aliphatic carbocycles. The molecular weight excluding hydrogens is 262 g/mol. The molecule has 1 atom stereocenters. The Labute approximate surface area is 125 Å². The Hall–Kier alpha value is -2.36. The van der Waals surface area contributed by atoms with E-state index in [1.54, 1.807) is 11.9 Å². The first-order valence-corrected chi connectivity index (χ1v) is 7.04. The van der Waals surface area contributed by atoms with Crippen molar-refractivity contribution in [1.29, 1.82) is 0 Å². The van der Waals surface area contributed by atoms with Gasteiger partial charge in [0.25, 0.3) is 0 Å². The number of fused-ring (bicyclic) bond motifs is 1. The van der Waals surface area contributed by atoms with Crippen LogP contribution < -0.4 is 10.2 Å². The van der Waals surface area contributed by atoms with Gasteiger partial charge < -0.3 is 10.2 Å². The summed E-state index contributed by atoms with van der Waals surface area (Å²) in [6.07, 6.45) is 5.67. The lowest BCUT2D eigenvalue weighted by atomic mass is 10.2. The Kier molecular flexibility index (Phi) is 4.93. The lowest BCUT2D eigenvalue weighted by Gasteiger charge is -2.10. The van der Waals surface area contributed by atoms with E-state index in [4.69, 9.17) is 0 Å². The minimum absolute atomic E-state index is 0.583. The molecule has 2 heterocycles. The third-order valence-electron chi connectivity index (χ3n) is 3.40. The summed E-state index contributed by atoms with van der Waals surface area (Å²) < 4.78 is 0. The first kappa shape index (κ1) is 15.0. The highest BCUT2D eigenvalue weighted by Crippen LogP contribution is 2.23. The maximum absolute atomic E-state index is 10.3. The molecule has 1 aromatic carbocycles. The fourth-order valence-corrected chi connectivity index (χ4v) is 2.29. The van der Waals surface area contributed by atoms with Crippen LogP contribution in [0.5, 0.6) is 0 Å². The highest BCUT2D eigenvalue weighted by molar-refractivity contribution is 5.74. The number of carbonyl (C=O) groups is 1. The Morgan fingerprint density at radius 2 is 2.19 bits per heavy atom. The van der Waals surface area contributed by atoms with Gasteiger partial charge in [-0.3, -0.25) is 9.78 Å². The third-order valence-corrected chi connectivity index (χ3v) is 3.40. The summed E-state index contributed by atoms with van der Waals surface area (Å²) in [4.78, 5) is 15.9.